The van der Waals surface area contributed by atoms with Crippen molar-refractivity contribution in [3.05, 3.63) is 65.7 Å². The fourth-order valence-corrected chi connectivity index (χ4v) is 2.64. The van der Waals surface area contributed by atoms with Crippen LogP contribution in [0.4, 0.5) is 0 Å². The first-order chi connectivity index (χ1) is 11.3. The number of hydrogen-bond donors (Lipinski definition) is 1. The molecule has 1 aliphatic rings. The molecule has 4 rings (SSSR count). The molecule has 6 heteroatoms. The number of carbonyl (C=O) groups excluding carboxylic acids is 1. The van der Waals surface area contributed by atoms with Crippen molar-refractivity contribution in [2.45, 2.75) is 13.0 Å². The number of furan rings is 1. The number of aromatic nitrogens is 2. The lowest BCUT2D eigenvalue weighted by Gasteiger charge is -2.25. The summed E-state index contributed by atoms with van der Waals surface area (Å²) in [6.45, 7) is 1.17. The van der Waals surface area contributed by atoms with Crippen LogP contribution in [0.3, 0.4) is 0 Å². The first-order valence-electron chi connectivity index (χ1n) is 7.43. The number of H-pyrrole nitrogens is 1. The number of ether oxygens (including phenoxy) is 1. The van der Waals surface area contributed by atoms with Crippen molar-refractivity contribution in [1.29, 1.82) is 0 Å². The molecule has 0 radical (unpaired) electrons. The van der Waals surface area contributed by atoms with Crippen molar-refractivity contribution in [2.24, 2.45) is 0 Å². The molecule has 0 fully saturated rings. The van der Waals surface area contributed by atoms with Gasteiger partial charge in [-0.05, 0) is 30.2 Å². The van der Waals surface area contributed by atoms with Gasteiger partial charge in [0.15, 0.2) is 5.76 Å². The van der Waals surface area contributed by atoms with Crippen LogP contribution < -0.4 is 4.74 Å². The van der Waals surface area contributed by atoms with Gasteiger partial charge in [0.2, 0.25) is 0 Å². The maximum Gasteiger partial charge on any atom is 0.290 e. The van der Waals surface area contributed by atoms with Gasteiger partial charge >= 0.3 is 0 Å². The number of amides is 1. The minimum atomic E-state index is -0.145. The van der Waals surface area contributed by atoms with E-state index in [9.17, 15) is 4.79 Å². The second-order valence-electron chi connectivity index (χ2n) is 5.38. The summed E-state index contributed by atoms with van der Waals surface area (Å²) in [7, 11) is 0. The Morgan fingerprint density at radius 2 is 2.09 bits per heavy atom. The molecule has 6 nitrogen and oxygen atoms in total. The maximum absolute atomic E-state index is 12.5. The maximum atomic E-state index is 12.5. The molecule has 0 aliphatic carbocycles. The molecule has 23 heavy (non-hydrogen) atoms. The van der Waals surface area contributed by atoms with Gasteiger partial charge in [-0.2, -0.15) is 5.10 Å². The molecule has 0 bridgehead atoms. The van der Waals surface area contributed by atoms with Crippen molar-refractivity contribution in [1.82, 2.24) is 15.1 Å². The molecular weight excluding hydrogens is 294 g/mol. The van der Waals surface area contributed by atoms with E-state index in [0.717, 1.165) is 12.1 Å². The Morgan fingerprint density at radius 3 is 2.96 bits per heavy atom. The quantitative estimate of drug-likeness (QED) is 0.807. The lowest BCUT2D eigenvalue weighted by Crippen LogP contribution is -2.35. The zero-order valence-electron chi connectivity index (χ0n) is 12.4. The summed E-state index contributed by atoms with van der Waals surface area (Å²) in [5.74, 6) is 1.10. The van der Waals surface area contributed by atoms with Crippen LogP contribution >= 0.6 is 0 Å². The summed E-state index contributed by atoms with van der Waals surface area (Å²) in [5, 5.41) is 6.95. The van der Waals surface area contributed by atoms with E-state index in [0.29, 0.717) is 24.8 Å². The molecule has 1 aromatic carbocycles. The minimum absolute atomic E-state index is 0.145. The summed E-state index contributed by atoms with van der Waals surface area (Å²) in [6.07, 6.45) is 2.61. The minimum Gasteiger partial charge on any atom is -0.426 e. The molecule has 0 atom stereocenters. The third-order valence-electron chi connectivity index (χ3n) is 3.85. The smallest absolute Gasteiger partial charge is 0.290 e. The van der Waals surface area contributed by atoms with Gasteiger partial charge in [-0.25, -0.2) is 0 Å². The monoisotopic (exact) mass is 309 g/mol. The van der Waals surface area contributed by atoms with Crippen LogP contribution in [0, 0.1) is 0 Å². The number of benzene rings is 1. The standard InChI is InChI=1S/C17H15N3O3/c21-17(20-9-8-12-10-18-19-14(12)11-20)15-6-7-16(23-15)22-13-4-2-1-3-5-13/h1-7,10H,8-9,11H2,(H,18,19). The van der Waals surface area contributed by atoms with E-state index < -0.39 is 0 Å². The topological polar surface area (TPSA) is 71.4 Å². The number of aromatic amines is 1. The van der Waals surface area contributed by atoms with Crippen molar-refractivity contribution in [3.8, 4) is 11.7 Å². The number of hydrogen-bond acceptors (Lipinski definition) is 4. The highest BCUT2D eigenvalue weighted by molar-refractivity contribution is 5.91. The summed E-state index contributed by atoms with van der Waals surface area (Å²) in [6, 6.07) is 12.6. The van der Waals surface area contributed by atoms with Crippen LogP contribution in [0.25, 0.3) is 0 Å². The van der Waals surface area contributed by atoms with Crippen molar-refractivity contribution < 1.29 is 13.9 Å². The third kappa shape index (κ3) is 2.70. The van der Waals surface area contributed by atoms with Gasteiger partial charge in [0.1, 0.15) is 5.75 Å². The molecule has 1 aliphatic heterocycles. The molecule has 0 saturated carbocycles. The molecule has 0 unspecified atom stereocenters. The Balaban J connectivity index is 1.47. The average Bonchev–Trinajstić information content (AvgIpc) is 3.23. The number of rotatable bonds is 3. The second kappa shape index (κ2) is 5.64. The van der Waals surface area contributed by atoms with Crippen molar-refractivity contribution in [2.75, 3.05) is 6.54 Å². The van der Waals surface area contributed by atoms with Gasteiger partial charge in [-0.1, -0.05) is 18.2 Å². The van der Waals surface area contributed by atoms with Crippen LogP contribution in [0.2, 0.25) is 0 Å². The number of nitrogens with zero attached hydrogens (tertiary/aromatic N) is 2. The molecule has 3 aromatic rings. The molecule has 0 spiro atoms. The van der Waals surface area contributed by atoms with Crippen LogP contribution in [0.5, 0.6) is 11.7 Å². The average molecular weight is 309 g/mol. The summed E-state index contributed by atoms with van der Waals surface area (Å²) in [5.41, 5.74) is 2.15. The molecule has 1 amide bonds. The second-order valence-corrected chi connectivity index (χ2v) is 5.38. The van der Waals surface area contributed by atoms with E-state index in [-0.39, 0.29) is 11.7 Å². The van der Waals surface area contributed by atoms with E-state index in [4.69, 9.17) is 9.15 Å². The number of carbonyl (C=O) groups is 1. The van der Waals surface area contributed by atoms with E-state index in [1.54, 1.807) is 17.0 Å². The molecule has 0 saturated heterocycles. The number of para-hydroxylation sites is 1. The predicted octanol–water partition coefficient (Wildman–Crippen LogP) is 2.99. The van der Waals surface area contributed by atoms with E-state index in [1.807, 2.05) is 36.5 Å². The number of fused-ring (bicyclic) bond motifs is 1. The molecule has 3 heterocycles. The van der Waals surface area contributed by atoms with Gasteiger partial charge < -0.3 is 14.1 Å². The summed E-state index contributed by atoms with van der Waals surface area (Å²) >= 11 is 0. The van der Waals surface area contributed by atoms with E-state index in [2.05, 4.69) is 10.2 Å². The lowest BCUT2D eigenvalue weighted by atomic mass is 10.1. The van der Waals surface area contributed by atoms with E-state index in [1.165, 1.54) is 5.56 Å². The largest absolute Gasteiger partial charge is 0.426 e. The Hall–Kier alpha value is -3.02. The van der Waals surface area contributed by atoms with Crippen molar-refractivity contribution >= 4 is 5.91 Å². The van der Waals surface area contributed by atoms with Gasteiger partial charge in [0.25, 0.3) is 11.9 Å². The third-order valence-corrected chi connectivity index (χ3v) is 3.85. The van der Waals surface area contributed by atoms with Crippen LogP contribution in [-0.2, 0) is 13.0 Å². The van der Waals surface area contributed by atoms with Crippen LogP contribution in [-0.4, -0.2) is 27.5 Å². The first-order valence-corrected chi connectivity index (χ1v) is 7.43. The Kier molecular flexibility index (Phi) is 3.34. The Bertz CT molecular complexity index is 822. The zero-order chi connectivity index (χ0) is 15.6. The first kappa shape index (κ1) is 13.6. The Labute approximate surface area is 132 Å². The fourth-order valence-electron chi connectivity index (χ4n) is 2.64. The van der Waals surface area contributed by atoms with Gasteiger partial charge in [-0.3, -0.25) is 9.89 Å². The summed E-state index contributed by atoms with van der Waals surface area (Å²) in [4.78, 5) is 14.3. The SMILES string of the molecule is O=C(c1ccc(Oc2ccccc2)o1)N1CCc2cn[nH]c2C1. The predicted molar refractivity (Wildman–Crippen MR) is 82.3 cm³/mol. The normalized spacial score (nSPS) is 13.7. The van der Waals surface area contributed by atoms with Crippen LogP contribution in [0.15, 0.2) is 53.1 Å². The van der Waals surface area contributed by atoms with Gasteiger partial charge in [0.05, 0.1) is 18.4 Å². The molecule has 1 N–H and O–H groups in total. The van der Waals surface area contributed by atoms with Gasteiger partial charge in [0, 0.05) is 12.6 Å². The highest BCUT2D eigenvalue weighted by atomic mass is 16.6. The fraction of sp³-hybridized carbons (Fsp3) is 0.176. The highest BCUT2D eigenvalue weighted by Gasteiger charge is 2.25. The lowest BCUT2D eigenvalue weighted by molar-refractivity contribution is 0.0695. The Morgan fingerprint density at radius 1 is 1.22 bits per heavy atom. The zero-order valence-corrected chi connectivity index (χ0v) is 12.4. The molecule has 2 aromatic heterocycles. The number of nitrogens with one attached hydrogen (secondary N) is 1. The molecular formula is C17H15N3O3. The summed E-state index contributed by atoms with van der Waals surface area (Å²) < 4.78 is 11.1. The van der Waals surface area contributed by atoms with Crippen molar-refractivity contribution in [3.63, 3.8) is 0 Å². The van der Waals surface area contributed by atoms with Gasteiger partial charge in [-0.15, -0.1) is 0 Å². The highest BCUT2D eigenvalue weighted by Crippen LogP contribution is 2.25. The van der Waals surface area contributed by atoms with E-state index >= 15 is 0 Å². The van der Waals surface area contributed by atoms with Crippen LogP contribution in [0.1, 0.15) is 21.8 Å². The molecule has 116 valence electrons.